The number of rotatable bonds is 6. The van der Waals surface area contributed by atoms with Crippen molar-refractivity contribution in [3.63, 3.8) is 0 Å². The summed E-state index contributed by atoms with van der Waals surface area (Å²) < 4.78 is 15.1. The van der Waals surface area contributed by atoms with Gasteiger partial charge in [-0.25, -0.2) is 9.97 Å². The largest absolute Gasteiger partial charge is 0.309 e. The van der Waals surface area contributed by atoms with Crippen LogP contribution in [0.15, 0.2) is 273 Å². The van der Waals surface area contributed by atoms with E-state index in [1.54, 1.807) is 0 Å². The second kappa shape index (κ2) is 18.4. The summed E-state index contributed by atoms with van der Waals surface area (Å²) in [5.41, 5.74) is 16.4. The third kappa shape index (κ3) is 7.07. The fourth-order valence-electron chi connectivity index (χ4n) is 14.4. The SMILES string of the molecule is c1cc(-c2nc(-c3ccc(-n4c5ccccc5c5cc6c(cc54)sc4ccccc46)cc3)c3cc(-c4ccc(-n5c6ccccc6c6cc7c(cc65)sc5ccccc57)cc4)ccc3n2)cc(-n2c3ccccc3c3cc4c(cc32)sc2ccccc24)c1. The van der Waals surface area contributed by atoms with Gasteiger partial charge in [0.2, 0.25) is 0 Å². The summed E-state index contributed by atoms with van der Waals surface area (Å²) in [5.74, 6) is 0.673. The van der Waals surface area contributed by atoms with E-state index in [-0.39, 0.29) is 0 Å². The Labute approximate surface area is 514 Å². The number of thiophene rings is 3. The quantitative estimate of drug-likeness (QED) is 0.166. The molecule has 408 valence electrons. The van der Waals surface area contributed by atoms with E-state index in [4.69, 9.17) is 9.97 Å². The van der Waals surface area contributed by atoms with E-state index in [1.165, 1.54) is 120 Å². The highest BCUT2D eigenvalue weighted by Gasteiger charge is 2.22. The second-order valence-electron chi connectivity index (χ2n) is 23.2. The maximum absolute atomic E-state index is 5.65. The summed E-state index contributed by atoms with van der Waals surface area (Å²) in [6, 6.07) is 101. The number of hydrogen-bond acceptors (Lipinski definition) is 5. The van der Waals surface area contributed by atoms with Gasteiger partial charge >= 0.3 is 0 Å². The van der Waals surface area contributed by atoms with Crippen LogP contribution in [-0.2, 0) is 0 Å². The summed E-state index contributed by atoms with van der Waals surface area (Å²) in [6.07, 6.45) is 0. The van der Waals surface area contributed by atoms with Crippen LogP contribution in [0.2, 0.25) is 0 Å². The monoisotopic (exact) mass is 1170 g/mol. The number of aromatic nitrogens is 5. The summed E-state index contributed by atoms with van der Waals surface area (Å²) in [6.45, 7) is 0. The topological polar surface area (TPSA) is 40.6 Å². The lowest BCUT2D eigenvalue weighted by Gasteiger charge is -2.14. The fraction of sp³-hybridized carbons (Fsp3) is 0. The molecule has 5 nitrogen and oxygen atoms in total. The molecule has 0 bridgehead atoms. The molecule has 0 radical (unpaired) electrons. The zero-order valence-electron chi connectivity index (χ0n) is 46.9. The molecule has 0 aliphatic carbocycles. The van der Waals surface area contributed by atoms with E-state index in [0.29, 0.717) is 5.82 Å². The molecule has 13 aromatic carbocycles. The van der Waals surface area contributed by atoms with Gasteiger partial charge in [-0.1, -0.05) is 152 Å². The predicted octanol–water partition coefficient (Wildman–Crippen LogP) is 23.0. The van der Waals surface area contributed by atoms with Crippen LogP contribution >= 0.6 is 34.0 Å². The Bertz CT molecular complexity index is 6370. The number of hydrogen-bond donors (Lipinski definition) is 0. The first kappa shape index (κ1) is 48.5. The summed E-state index contributed by atoms with van der Waals surface area (Å²) >= 11 is 5.59. The molecule has 0 fully saturated rings. The number of para-hydroxylation sites is 3. The van der Waals surface area contributed by atoms with Crippen molar-refractivity contribution in [2.45, 2.75) is 0 Å². The number of fused-ring (bicyclic) bond motifs is 19. The molecule has 20 aromatic rings. The van der Waals surface area contributed by atoms with E-state index >= 15 is 0 Å². The molecule has 7 aromatic heterocycles. The molecule has 88 heavy (non-hydrogen) atoms. The highest BCUT2D eigenvalue weighted by Crippen LogP contribution is 2.45. The Morgan fingerprint density at radius 3 is 1.10 bits per heavy atom. The van der Waals surface area contributed by atoms with Gasteiger partial charge < -0.3 is 13.7 Å². The van der Waals surface area contributed by atoms with Crippen molar-refractivity contribution in [1.29, 1.82) is 0 Å². The van der Waals surface area contributed by atoms with Gasteiger partial charge in [0.05, 0.1) is 44.3 Å². The van der Waals surface area contributed by atoms with E-state index in [1.807, 2.05) is 34.0 Å². The lowest BCUT2D eigenvalue weighted by atomic mass is 9.99. The van der Waals surface area contributed by atoms with E-state index in [2.05, 4.69) is 287 Å². The lowest BCUT2D eigenvalue weighted by Crippen LogP contribution is -1.99. The summed E-state index contributed by atoms with van der Waals surface area (Å²) in [7, 11) is 0. The van der Waals surface area contributed by atoms with Gasteiger partial charge in [0.25, 0.3) is 0 Å². The molecule has 8 heteroatoms. The third-order valence-corrected chi connectivity index (χ3v) is 21.8. The molecule has 0 atom stereocenters. The van der Waals surface area contributed by atoms with Crippen molar-refractivity contribution in [3.8, 4) is 50.8 Å². The van der Waals surface area contributed by atoms with Crippen LogP contribution in [-0.4, -0.2) is 23.7 Å². The van der Waals surface area contributed by atoms with Crippen LogP contribution < -0.4 is 0 Å². The Morgan fingerprint density at radius 2 is 0.625 bits per heavy atom. The third-order valence-electron chi connectivity index (χ3n) is 18.4. The zero-order chi connectivity index (χ0) is 57.3. The molecular weight excluding hydrogens is 1130 g/mol. The minimum absolute atomic E-state index is 0.673. The number of benzene rings is 13. The van der Waals surface area contributed by atoms with Gasteiger partial charge in [0, 0.05) is 126 Å². The fourth-order valence-corrected chi connectivity index (χ4v) is 17.8. The van der Waals surface area contributed by atoms with E-state index < -0.39 is 0 Å². The first-order valence-electron chi connectivity index (χ1n) is 29.8. The molecule has 0 aliphatic heterocycles. The van der Waals surface area contributed by atoms with E-state index in [9.17, 15) is 0 Å². The van der Waals surface area contributed by atoms with Gasteiger partial charge in [-0.15, -0.1) is 34.0 Å². The Balaban J connectivity index is 0.742. The van der Waals surface area contributed by atoms with Crippen LogP contribution in [0.1, 0.15) is 0 Å². The number of nitrogens with zero attached hydrogens (tertiary/aromatic N) is 5. The molecule has 0 unspecified atom stereocenters. The first-order valence-corrected chi connectivity index (χ1v) is 32.2. The first-order chi connectivity index (χ1) is 43.6. The maximum Gasteiger partial charge on any atom is 0.160 e. The van der Waals surface area contributed by atoms with Crippen LogP contribution in [0, 0.1) is 0 Å². The molecule has 0 aliphatic rings. The summed E-state index contributed by atoms with van der Waals surface area (Å²) in [5, 5.41) is 16.3. The molecular formula is C80H45N5S3. The van der Waals surface area contributed by atoms with Crippen LogP contribution in [0.25, 0.3) is 188 Å². The van der Waals surface area contributed by atoms with Gasteiger partial charge in [-0.05, 0) is 132 Å². The van der Waals surface area contributed by atoms with Crippen molar-refractivity contribution in [1.82, 2.24) is 23.7 Å². The van der Waals surface area contributed by atoms with Crippen molar-refractivity contribution in [3.05, 3.63) is 273 Å². The zero-order valence-corrected chi connectivity index (χ0v) is 49.4. The Kier molecular flexibility index (Phi) is 10.1. The smallest absolute Gasteiger partial charge is 0.160 e. The average Bonchev–Trinajstić information content (AvgIpc) is 1.82. The molecule has 7 heterocycles. The van der Waals surface area contributed by atoms with E-state index in [0.717, 1.165) is 61.4 Å². The molecule has 0 N–H and O–H groups in total. The highest BCUT2D eigenvalue weighted by atomic mass is 32.1. The van der Waals surface area contributed by atoms with Crippen molar-refractivity contribution >= 4 is 171 Å². The second-order valence-corrected chi connectivity index (χ2v) is 26.5. The van der Waals surface area contributed by atoms with Crippen molar-refractivity contribution in [2.75, 3.05) is 0 Å². The van der Waals surface area contributed by atoms with Gasteiger partial charge in [-0.2, -0.15) is 0 Å². The molecule has 0 spiro atoms. The van der Waals surface area contributed by atoms with Crippen LogP contribution in [0.4, 0.5) is 0 Å². The van der Waals surface area contributed by atoms with Crippen LogP contribution in [0.3, 0.4) is 0 Å². The maximum atomic E-state index is 5.65. The normalized spacial score (nSPS) is 12.3. The molecule has 0 saturated carbocycles. The summed E-state index contributed by atoms with van der Waals surface area (Å²) in [4.78, 5) is 11.1. The molecule has 20 rings (SSSR count). The average molecular weight is 1170 g/mol. The lowest BCUT2D eigenvalue weighted by molar-refractivity contribution is 1.17. The standard InChI is InChI=1S/C80H45N5S3/c1-7-22-67-53(16-1)59-40-62-56-19-4-10-25-73(56)86-76(62)43-70(59)83(67)50-33-28-46(29-34-50)48-32-37-66-65(39-48)79(47-30-35-51(36-31-47)84-68-23-8-2-17-54(68)60-41-63-57-20-5-11-26-74(57)87-77(63)44-71(60)84)82-80(81-66)49-14-13-15-52(38-49)85-69-24-9-3-18-55(69)61-42-64-58-21-6-12-27-75(58)88-78(64)45-72(61)85/h1-45H. The highest BCUT2D eigenvalue weighted by molar-refractivity contribution is 7.26. The Morgan fingerprint density at radius 1 is 0.216 bits per heavy atom. The van der Waals surface area contributed by atoms with Gasteiger partial charge in [-0.3, -0.25) is 0 Å². The van der Waals surface area contributed by atoms with Gasteiger partial charge in [0.15, 0.2) is 5.82 Å². The van der Waals surface area contributed by atoms with Gasteiger partial charge in [0.1, 0.15) is 0 Å². The molecule has 0 amide bonds. The predicted molar refractivity (Wildman–Crippen MR) is 378 cm³/mol. The Hall–Kier alpha value is -10.7. The van der Waals surface area contributed by atoms with Crippen LogP contribution in [0.5, 0.6) is 0 Å². The van der Waals surface area contributed by atoms with Crippen molar-refractivity contribution < 1.29 is 0 Å². The minimum atomic E-state index is 0.673. The van der Waals surface area contributed by atoms with Crippen molar-refractivity contribution in [2.24, 2.45) is 0 Å². The minimum Gasteiger partial charge on any atom is -0.309 e. The molecule has 0 saturated heterocycles.